The van der Waals surface area contributed by atoms with Gasteiger partial charge in [-0.3, -0.25) is 4.72 Å². The van der Waals surface area contributed by atoms with Gasteiger partial charge in [0, 0.05) is 12.6 Å². The number of benzene rings is 2. The molecule has 9 heteroatoms. The van der Waals surface area contributed by atoms with Crippen LogP contribution in [0.1, 0.15) is 11.1 Å². The summed E-state index contributed by atoms with van der Waals surface area (Å²) in [6.07, 6.45) is 0. The number of anilines is 2. The summed E-state index contributed by atoms with van der Waals surface area (Å²) < 4.78 is 37.9. The molecular formula is C19H18N4O4S. The molecule has 1 aliphatic heterocycles. The van der Waals surface area contributed by atoms with Gasteiger partial charge in [0.1, 0.15) is 5.82 Å². The van der Waals surface area contributed by atoms with E-state index in [-0.39, 0.29) is 17.5 Å². The molecule has 2 aromatic carbocycles. The van der Waals surface area contributed by atoms with Gasteiger partial charge in [0.15, 0.2) is 17.3 Å². The molecule has 1 aliphatic rings. The zero-order chi connectivity index (χ0) is 19.6. The maximum absolute atomic E-state index is 12.5. The van der Waals surface area contributed by atoms with Crippen LogP contribution < -0.4 is 19.5 Å². The number of ether oxygens (including phenoxy) is 2. The highest BCUT2D eigenvalue weighted by Crippen LogP contribution is 2.34. The fourth-order valence-corrected chi connectivity index (χ4v) is 3.75. The highest BCUT2D eigenvalue weighted by atomic mass is 32.2. The highest BCUT2D eigenvalue weighted by molar-refractivity contribution is 7.92. The molecule has 0 atom stereocenters. The minimum Gasteiger partial charge on any atom is -0.454 e. The summed E-state index contributed by atoms with van der Waals surface area (Å²) in [6, 6.07) is 15.8. The van der Waals surface area contributed by atoms with Crippen LogP contribution in [0.25, 0.3) is 0 Å². The van der Waals surface area contributed by atoms with Crippen molar-refractivity contribution in [2.75, 3.05) is 16.8 Å². The summed E-state index contributed by atoms with van der Waals surface area (Å²) in [6.45, 7) is 2.71. The first kappa shape index (κ1) is 18.1. The molecule has 0 saturated carbocycles. The van der Waals surface area contributed by atoms with Gasteiger partial charge in [-0.2, -0.15) is 0 Å². The van der Waals surface area contributed by atoms with Crippen LogP contribution in [0.3, 0.4) is 0 Å². The van der Waals surface area contributed by atoms with Crippen molar-refractivity contribution >= 4 is 21.7 Å². The van der Waals surface area contributed by atoms with E-state index in [1.807, 2.05) is 25.1 Å². The molecule has 0 saturated heterocycles. The van der Waals surface area contributed by atoms with E-state index in [0.29, 0.717) is 23.9 Å². The lowest BCUT2D eigenvalue weighted by Gasteiger charge is -2.09. The third-order valence-corrected chi connectivity index (χ3v) is 5.47. The minimum atomic E-state index is -3.82. The van der Waals surface area contributed by atoms with E-state index in [1.54, 1.807) is 18.2 Å². The minimum absolute atomic E-state index is 0.0557. The Morgan fingerprint density at radius 1 is 0.964 bits per heavy atom. The molecule has 1 aromatic heterocycles. The Morgan fingerprint density at radius 3 is 2.54 bits per heavy atom. The van der Waals surface area contributed by atoms with E-state index < -0.39 is 10.0 Å². The number of aromatic nitrogens is 2. The molecule has 8 nitrogen and oxygen atoms in total. The van der Waals surface area contributed by atoms with Gasteiger partial charge in [0.05, 0.1) is 4.90 Å². The molecule has 144 valence electrons. The van der Waals surface area contributed by atoms with Crippen molar-refractivity contribution in [2.24, 2.45) is 0 Å². The van der Waals surface area contributed by atoms with Crippen molar-refractivity contribution < 1.29 is 17.9 Å². The van der Waals surface area contributed by atoms with Crippen LogP contribution >= 0.6 is 0 Å². The second kappa shape index (κ2) is 7.35. The van der Waals surface area contributed by atoms with Gasteiger partial charge < -0.3 is 14.8 Å². The number of nitrogens with one attached hydrogen (secondary N) is 2. The van der Waals surface area contributed by atoms with E-state index >= 15 is 0 Å². The molecular weight excluding hydrogens is 380 g/mol. The zero-order valence-corrected chi connectivity index (χ0v) is 15.9. The summed E-state index contributed by atoms with van der Waals surface area (Å²) >= 11 is 0. The molecule has 0 aliphatic carbocycles. The average molecular weight is 398 g/mol. The van der Waals surface area contributed by atoms with Gasteiger partial charge in [0.2, 0.25) is 6.79 Å². The number of aryl methyl sites for hydroxylation is 1. The molecule has 0 amide bonds. The predicted molar refractivity (Wildman–Crippen MR) is 104 cm³/mol. The smallest absolute Gasteiger partial charge is 0.263 e. The molecule has 0 bridgehead atoms. The third-order valence-electron chi connectivity index (χ3n) is 4.11. The first-order chi connectivity index (χ1) is 13.5. The number of sulfonamides is 1. The Balaban J connectivity index is 1.42. The normalized spacial score (nSPS) is 12.6. The van der Waals surface area contributed by atoms with Gasteiger partial charge in [0.25, 0.3) is 10.0 Å². The van der Waals surface area contributed by atoms with Gasteiger partial charge in [-0.05, 0) is 36.8 Å². The molecule has 4 rings (SSSR count). The summed E-state index contributed by atoms with van der Waals surface area (Å²) in [4.78, 5) is 0.0557. The number of fused-ring (bicyclic) bond motifs is 1. The highest BCUT2D eigenvalue weighted by Gasteiger charge is 2.20. The molecule has 2 heterocycles. The fourth-order valence-electron chi connectivity index (χ4n) is 2.74. The molecule has 0 fully saturated rings. The fraction of sp³-hybridized carbons (Fsp3) is 0.158. The quantitative estimate of drug-likeness (QED) is 0.658. The van der Waals surface area contributed by atoms with Crippen LogP contribution in [0.4, 0.5) is 11.6 Å². The Labute approximate surface area is 162 Å². The maximum Gasteiger partial charge on any atom is 0.263 e. The number of nitrogens with zero attached hydrogens (tertiary/aromatic N) is 2. The van der Waals surface area contributed by atoms with Crippen molar-refractivity contribution in [3.05, 3.63) is 65.7 Å². The van der Waals surface area contributed by atoms with Crippen LogP contribution in [0.2, 0.25) is 0 Å². The molecule has 3 aromatic rings. The first-order valence-corrected chi connectivity index (χ1v) is 10.0. The summed E-state index contributed by atoms with van der Waals surface area (Å²) in [7, 11) is -3.82. The van der Waals surface area contributed by atoms with Crippen molar-refractivity contribution in [3.8, 4) is 11.5 Å². The van der Waals surface area contributed by atoms with Crippen LogP contribution in [-0.2, 0) is 16.6 Å². The average Bonchev–Trinajstić information content (AvgIpc) is 3.15. The lowest BCUT2D eigenvalue weighted by molar-refractivity contribution is 0.174. The largest absolute Gasteiger partial charge is 0.454 e. The van der Waals surface area contributed by atoms with Crippen molar-refractivity contribution in [1.82, 2.24) is 10.2 Å². The summed E-state index contributed by atoms with van der Waals surface area (Å²) in [5.41, 5.74) is 2.30. The van der Waals surface area contributed by atoms with Crippen LogP contribution in [0.15, 0.2) is 59.5 Å². The lowest BCUT2D eigenvalue weighted by atomic mass is 10.1. The Kier molecular flexibility index (Phi) is 4.74. The van der Waals surface area contributed by atoms with E-state index in [2.05, 4.69) is 26.3 Å². The van der Waals surface area contributed by atoms with Crippen molar-refractivity contribution in [1.29, 1.82) is 0 Å². The standard InChI is InChI=1S/C19H18N4O4S/c1-13-3-2-4-14(9-13)11-20-18-7-8-19(22-21-18)23-28(24,25)15-5-6-16-17(10-15)27-12-26-16/h2-10H,11-12H2,1H3,(H,20,21)(H,22,23). The van der Waals surface area contributed by atoms with Crippen LogP contribution in [0, 0.1) is 6.92 Å². The van der Waals surface area contributed by atoms with E-state index in [4.69, 9.17) is 9.47 Å². The SMILES string of the molecule is Cc1cccc(CNc2ccc(NS(=O)(=O)c3ccc4c(c3)OCO4)nn2)c1. The number of hydrogen-bond acceptors (Lipinski definition) is 7. The van der Waals surface area contributed by atoms with E-state index in [9.17, 15) is 8.42 Å². The van der Waals surface area contributed by atoms with Crippen molar-refractivity contribution in [2.45, 2.75) is 18.4 Å². The summed E-state index contributed by atoms with van der Waals surface area (Å²) in [5.74, 6) is 1.58. The topological polar surface area (TPSA) is 102 Å². The number of rotatable bonds is 6. The molecule has 0 radical (unpaired) electrons. The monoisotopic (exact) mass is 398 g/mol. The summed E-state index contributed by atoms with van der Waals surface area (Å²) in [5, 5.41) is 11.1. The van der Waals surface area contributed by atoms with Crippen LogP contribution in [0.5, 0.6) is 11.5 Å². The van der Waals surface area contributed by atoms with Crippen molar-refractivity contribution in [3.63, 3.8) is 0 Å². The maximum atomic E-state index is 12.5. The predicted octanol–water partition coefficient (Wildman–Crippen LogP) is 2.93. The van der Waals surface area contributed by atoms with Gasteiger partial charge in [-0.25, -0.2) is 8.42 Å². The molecule has 0 unspecified atom stereocenters. The molecule has 0 spiro atoms. The van der Waals surface area contributed by atoms with E-state index in [0.717, 1.165) is 5.56 Å². The first-order valence-electron chi connectivity index (χ1n) is 8.55. The van der Waals surface area contributed by atoms with Gasteiger partial charge in [-0.1, -0.05) is 29.8 Å². The second-order valence-electron chi connectivity index (χ2n) is 6.27. The third kappa shape index (κ3) is 3.99. The van der Waals surface area contributed by atoms with E-state index in [1.165, 1.54) is 17.7 Å². The molecule has 2 N–H and O–H groups in total. The van der Waals surface area contributed by atoms with Gasteiger partial charge >= 0.3 is 0 Å². The molecule has 28 heavy (non-hydrogen) atoms. The Bertz CT molecular complexity index is 1100. The second-order valence-corrected chi connectivity index (χ2v) is 7.95. The Hall–Kier alpha value is -3.33. The zero-order valence-electron chi connectivity index (χ0n) is 15.0. The number of hydrogen-bond donors (Lipinski definition) is 2. The van der Waals surface area contributed by atoms with Gasteiger partial charge in [-0.15, -0.1) is 10.2 Å². The van der Waals surface area contributed by atoms with Crippen LogP contribution in [-0.4, -0.2) is 25.4 Å². The Morgan fingerprint density at radius 2 is 1.75 bits per heavy atom. The lowest BCUT2D eigenvalue weighted by Crippen LogP contribution is -2.14.